The van der Waals surface area contributed by atoms with Crippen molar-refractivity contribution in [2.45, 2.75) is 59.3 Å². The molecule has 0 unspecified atom stereocenters. The molecule has 6 heteroatoms. The smallest absolute Gasteiger partial charge is 0.225 e. The molecule has 1 aromatic rings. The van der Waals surface area contributed by atoms with Crippen LogP contribution in [0.15, 0.2) is 0 Å². The van der Waals surface area contributed by atoms with E-state index in [2.05, 4.69) is 18.3 Å². The highest BCUT2D eigenvalue weighted by Gasteiger charge is 2.28. The Balaban J connectivity index is 2.15. The van der Waals surface area contributed by atoms with Crippen molar-refractivity contribution in [2.75, 3.05) is 5.32 Å². The van der Waals surface area contributed by atoms with E-state index in [9.17, 15) is 20.0 Å². The van der Waals surface area contributed by atoms with E-state index in [-0.39, 0.29) is 18.7 Å². The molecule has 5 nitrogen and oxygen atoms in total. The molecule has 2 atom stereocenters. The van der Waals surface area contributed by atoms with Crippen molar-refractivity contribution in [3.05, 3.63) is 16.0 Å². The number of carboxylic acids is 1. The molecule has 0 aliphatic heterocycles. The van der Waals surface area contributed by atoms with Crippen LogP contribution in [-0.4, -0.2) is 11.9 Å². The lowest BCUT2D eigenvalue weighted by Crippen LogP contribution is -2.33. The fraction of sp³-hybridized carbons (Fsp3) is 0.611. The summed E-state index contributed by atoms with van der Waals surface area (Å²) in [7, 11) is 0. The third-order valence-electron chi connectivity index (χ3n) is 4.89. The van der Waals surface area contributed by atoms with Gasteiger partial charge in [-0.25, -0.2) is 0 Å². The highest BCUT2D eigenvalue weighted by atomic mass is 32.1. The summed E-state index contributed by atoms with van der Waals surface area (Å²) in [6.07, 6.45) is 3.40. The summed E-state index contributed by atoms with van der Waals surface area (Å²) in [5, 5.41) is 23.8. The zero-order chi connectivity index (χ0) is 17.9. The molecule has 1 aliphatic rings. The second-order valence-electron chi connectivity index (χ2n) is 7.11. The summed E-state index contributed by atoms with van der Waals surface area (Å²) >= 11 is 1.48. The van der Waals surface area contributed by atoms with Crippen molar-refractivity contribution in [1.29, 1.82) is 5.26 Å². The van der Waals surface area contributed by atoms with Crippen molar-refractivity contribution in [2.24, 2.45) is 11.3 Å². The lowest BCUT2D eigenvalue weighted by atomic mass is 9.80. The first-order valence-electron chi connectivity index (χ1n) is 8.32. The van der Waals surface area contributed by atoms with Crippen LogP contribution < -0.4 is 10.4 Å². The minimum Gasteiger partial charge on any atom is -0.550 e. The Bertz CT molecular complexity index is 689. The Morgan fingerprint density at radius 3 is 2.75 bits per heavy atom. The highest BCUT2D eigenvalue weighted by Crippen LogP contribution is 2.39. The predicted octanol–water partition coefficient (Wildman–Crippen LogP) is 2.63. The normalized spacial score (nSPS) is 19.0. The number of aliphatic carboxylic acids is 1. The van der Waals surface area contributed by atoms with E-state index in [1.165, 1.54) is 16.2 Å². The number of amides is 1. The number of carbonyl (C=O) groups is 2. The van der Waals surface area contributed by atoms with Crippen LogP contribution in [-0.2, 0) is 22.4 Å². The van der Waals surface area contributed by atoms with Gasteiger partial charge in [0.15, 0.2) is 0 Å². The molecule has 0 radical (unpaired) electrons. The molecule has 0 fully saturated rings. The van der Waals surface area contributed by atoms with E-state index in [0.717, 1.165) is 24.8 Å². The van der Waals surface area contributed by atoms with Crippen LogP contribution in [0, 0.1) is 22.7 Å². The quantitative estimate of drug-likeness (QED) is 0.856. The first-order chi connectivity index (χ1) is 11.3. The molecule has 1 heterocycles. The molecule has 0 saturated heterocycles. The highest BCUT2D eigenvalue weighted by molar-refractivity contribution is 7.16. The average Bonchev–Trinajstić information content (AvgIpc) is 2.81. The minimum atomic E-state index is -1.15. The predicted molar refractivity (Wildman–Crippen MR) is 91.5 cm³/mol. The molecule has 2 rings (SSSR count). The van der Waals surface area contributed by atoms with Gasteiger partial charge in [-0.1, -0.05) is 20.8 Å². The topological polar surface area (TPSA) is 93.0 Å². The summed E-state index contributed by atoms with van der Waals surface area (Å²) < 4.78 is 0. The van der Waals surface area contributed by atoms with Gasteiger partial charge < -0.3 is 15.2 Å². The van der Waals surface area contributed by atoms with Gasteiger partial charge in [0, 0.05) is 17.3 Å². The van der Waals surface area contributed by atoms with Crippen molar-refractivity contribution in [3.63, 3.8) is 0 Å². The summed E-state index contributed by atoms with van der Waals surface area (Å²) in [5.41, 5.74) is 1.01. The van der Waals surface area contributed by atoms with Crippen LogP contribution in [0.25, 0.3) is 0 Å². The van der Waals surface area contributed by atoms with Crippen LogP contribution in [0.3, 0.4) is 0 Å². The van der Waals surface area contributed by atoms with Crippen LogP contribution in [0.1, 0.15) is 62.5 Å². The van der Waals surface area contributed by atoms with Crippen molar-refractivity contribution in [3.8, 4) is 6.07 Å². The number of rotatable bonds is 6. The van der Waals surface area contributed by atoms with E-state index in [4.69, 9.17) is 0 Å². The van der Waals surface area contributed by atoms with Gasteiger partial charge in [0.25, 0.3) is 0 Å². The zero-order valence-corrected chi connectivity index (χ0v) is 15.2. The average molecular weight is 347 g/mol. The molecule has 1 aliphatic carbocycles. The number of carboxylic acid groups (broad SMARTS) is 1. The second-order valence-corrected chi connectivity index (χ2v) is 8.21. The maximum atomic E-state index is 12.4. The van der Waals surface area contributed by atoms with Crippen molar-refractivity contribution >= 4 is 28.2 Å². The molecule has 0 spiro atoms. The Labute approximate surface area is 146 Å². The molecule has 0 saturated carbocycles. The minimum absolute atomic E-state index is 0.0985. The molecule has 1 amide bonds. The number of hydrogen-bond acceptors (Lipinski definition) is 5. The number of anilines is 1. The summed E-state index contributed by atoms with van der Waals surface area (Å²) in [6, 6.07) is 2.22. The zero-order valence-electron chi connectivity index (χ0n) is 14.4. The van der Waals surface area contributed by atoms with E-state index in [1.54, 1.807) is 6.92 Å². The molecule has 0 aromatic carbocycles. The number of fused-ring (bicyclic) bond motifs is 1. The van der Waals surface area contributed by atoms with Gasteiger partial charge >= 0.3 is 0 Å². The lowest BCUT2D eigenvalue weighted by Gasteiger charge is -2.27. The maximum Gasteiger partial charge on any atom is 0.225 e. The molecule has 24 heavy (non-hydrogen) atoms. The van der Waals surface area contributed by atoms with Crippen LogP contribution in [0.4, 0.5) is 5.00 Å². The maximum absolute atomic E-state index is 12.4. The SMILES string of the molecule is CC[C@](C)(CC(=O)[O-])CC(=O)Nc1sc2c(c1C#N)CC[C@H](C)C2. The Morgan fingerprint density at radius 1 is 1.46 bits per heavy atom. The fourth-order valence-electron chi connectivity index (χ4n) is 3.18. The van der Waals surface area contributed by atoms with Crippen LogP contribution in [0.2, 0.25) is 0 Å². The lowest BCUT2D eigenvalue weighted by molar-refractivity contribution is -0.308. The van der Waals surface area contributed by atoms with Crippen molar-refractivity contribution in [1.82, 2.24) is 0 Å². The van der Waals surface area contributed by atoms with E-state index >= 15 is 0 Å². The third-order valence-corrected chi connectivity index (χ3v) is 6.06. The van der Waals surface area contributed by atoms with Crippen molar-refractivity contribution < 1.29 is 14.7 Å². The second kappa shape index (κ2) is 7.35. The Kier molecular flexibility index (Phi) is 5.66. The van der Waals surface area contributed by atoms with Gasteiger partial charge in [-0.2, -0.15) is 5.26 Å². The standard InChI is InChI=1S/C18H24N2O3S/c1-4-18(3,9-16(22)23)8-15(21)20-17-13(10-19)12-6-5-11(2)7-14(12)24-17/h11H,4-9H2,1-3H3,(H,20,21)(H,22,23)/p-1/t11-,18-/m0/s1. The Hall–Kier alpha value is -1.87. The summed E-state index contributed by atoms with van der Waals surface area (Å²) in [4.78, 5) is 24.5. The number of nitrogens with one attached hydrogen (secondary N) is 1. The van der Waals surface area contributed by atoms with Gasteiger partial charge in [-0.15, -0.1) is 11.3 Å². The number of thiophene rings is 1. The first kappa shape index (κ1) is 18.5. The summed E-state index contributed by atoms with van der Waals surface area (Å²) in [6.45, 7) is 5.83. The van der Waals surface area contributed by atoms with Crippen LogP contribution in [0.5, 0.6) is 0 Å². The van der Waals surface area contributed by atoms with E-state index < -0.39 is 11.4 Å². The first-order valence-corrected chi connectivity index (χ1v) is 9.14. The fourth-order valence-corrected chi connectivity index (χ4v) is 4.55. The molecule has 0 bridgehead atoms. The number of nitriles is 1. The summed E-state index contributed by atoms with van der Waals surface area (Å²) in [5.74, 6) is -0.799. The van der Waals surface area contributed by atoms with Gasteiger partial charge in [-0.05, 0) is 49.0 Å². The molecular weight excluding hydrogens is 324 g/mol. The van der Waals surface area contributed by atoms with Gasteiger partial charge in [0.1, 0.15) is 11.1 Å². The van der Waals surface area contributed by atoms with E-state index in [0.29, 0.717) is 22.9 Å². The molecular formula is C18H23N2O3S-. The monoisotopic (exact) mass is 347 g/mol. The van der Waals surface area contributed by atoms with E-state index in [1.807, 2.05) is 6.92 Å². The molecule has 1 aromatic heterocycles. The van der Waals surface area contributed by atoms with Crippen LogP contribution >= 0.6 is 11.3 Å². The number of nitrogens with zero attached hydrogens (tertiary/aromatic N) is 1. The molecule has 130 valence electrons. The number of carbonyl (C=O) groups excluding carboxylic acids is 2. The largest absolute Gasteiger partial charge is 0.550 e. The molecule has 1 N–H and O–H groups in total. The van der Waals surface area contributed by atoms with Gasteiger partial charge in [-0.3, -0.25) is 4.79 Å². The Morgan fingerprint density at radius 2 is 2.17 bits per heavy atom. The van der Waals surface area contributed by atoms with Gasteiger partial charge in [0.2, 0.25) is 5.91 Å². The van der Waals surface area contributed by atoms with Gasteiger partial charge in [0.05, 0.1) is 5.56 Å². The third kappa shape index (κ3) is 4.15. The number of hydrogen-bond donors (Lipinski definition) is 1.